The summed E-state index contributed by atoms with van der Waals surface area (Å²) in [5.74, 6) is -3.66. The molecule has 8 nitrogen and oxygen atoms in total. The molecule has 0 aromatic rings. The Bertz CT molecular complexity index is 754. The second-order valence-corrected chi connectivity index (χ2v) is 6.49. The first kappa shape index (κ1) is 18.9. The van der Waals surface area contributed by atoms with E-state index in [2.05, 4.69) is 15.9 Å². The van der Waals surface area contributed by atoms with Crippen LogP contribution in [0.5, 0.6) is 0 Å². The van der Waals surface area contributed by atoms with E-state index in [1.54, 1.807) is 6.92 Å². The molecule has 0 spiro atoms. The molecule has 2 atom stereocenters. The summed E-state index contributed by atoms with van der Waals surface area (Å²) in [6, 6.07) is -3.14. The van der Waals surface area contributed by atoms with E-state index in [0.717, 1.165) is 12.2 Å². The Hall–Kier alpha value is -2.42. The van der Waals surface area contributed by atoms with Crippen molar-refractivity contribution in [2.45, 2.75) is 38.8 Å². The van der Waals surface area contributed by atoms with E-state index in [9.17, 15) is 28.8 Å². The first-order valence-electron chi connectivity index (χ1n) is 7.53. The normalized spacial score (nSPS) is 20.0. The zero-order valence-electron chi connectivity index (χ0n) is 13.5. The predicted molar refractivity (Wildman–Crippen MR) is 88.0 cm³/mol. The lowest BCUT2D eigenvalue weighted by atomic mass is 9.98. The zero-order valence-corrected chi connectivity index (χ0v) is 15.1. The third-order valence-corrected chi connectivity index (χ3v) is 4.48. The first-order valence-corrected chi connectivity index (χ1v) is 8.32. The fourth-order valence-corrected chi connectivity index (χ4v) is 3.15. The molecule has 0 aromatic carbocycles. The summed E-state index contributed by atoms with van der Waals surface area (Å²) < 4.78 is -0.0700. The molecule has 0 saturated carbocycles. The van der Waals surface area contributed by atoms with Gasteiger partial charge >= 0.3 is 0 Å². The van der Waals surface area contributed by atoms with Gasteiger partial charge in [-0.3, -0.25) is 33.8 Å². The molecule has 0 radical (unpaired) electrons. The standard InChI is InChI=1S/C16H15BrN2O6/c1-3-4-11(21)14(19-12(22)5-8(2)15(19)24)10(7-20)18-13(23)6-9(17)16(18)25/h5-7,10,14H,3-4H2,1-2H3. The predicted octanol–water partition coefficient (Wildman–Crippen LogP) is 0.254. The van der Waals surface area contributed by atoms with Gasteiger partial charge in [-0.2, -0.15) is 0 Å². The minimum absolute atomic E-state index is 0.0179. The fraction of sp³-hybridized carbons (Fsp3) is 0.375. The first-order chi connectivity index (χ1) is 11.7. The highest BCUT2D eigenvalue weighted by Crippen LogP contribution is 2.26. The minimum Gasteiger partial charge on any atom is -0.301 e. The largest absolute Gasteiger partial charge is 0.301 e. The molecule has 2 rings (SSSR count). The molecule has 132 valence electrons. The van der Waals surface area contributed by atoms with E-state index in [1.807, 2.05) is 0 Å². The van der Waals surface area contributed by atoms with Crippen molar-refractivity contribution in [1.82, 2.24) is 9.80 Å². The lowest BCUT2D eigenvalue weighted by Crippen LogP contribution is -2.59. The smallest absolute Gasteiger partial charge is 0.268 e. The molecular formula is C16H15BrN2O6. The fourth-order valence-electron chi connectivity index (χ4n) is 2.77. The lowest BCUT2D eigenvalue weighted by molar-refractivity contribution is -0.154. The van der Waals surface area contributed by atoms with Gasteiger partial charge in [0.15, 0.2) is 5.78 Å². The maximum absolute atomic E-state index is 12.6. The molecule has 2 unspecified atom stereocenters. The number of nitrogens with zero attached hydrogens (tertiary/aromatic N) is 2. The van der Waals surface area contributed by atoms with Gasteiger partial charge in [0.1, 0.15) is 18.4 Å². The second kappa shape index (κ2) is 7.22. The topological polar surface area (TPSA) is 109 Å². The Morgan fingerprint density at radius 2 is 1.72 bits per heavy atom. The van der Waals surface area contributed by atoms with E-state index < -0.39 is 41.5 Å². The van der Waals surface area contributed by atoms with Crippen LogP contribution >= 0.6 is 15.9 Å². The van der Waals surface area contributed by atoms with E-state index in [1.165, 1.54) is 6.92 Å². The number of amides is 4. The van der Waals surface area contributed by atoms with Gasteiger partial charge in [0.2, 0.25) is 0 Å². The molecule has 0 fully saturated rings. The van der Waals surface area contributed by atoms with Gasteiger partial charge in [-0.25, -0.2) is 0 Å². The van der Waals surface area contributed by atoms with Gasteiger partial charge in [0, 0.05) is 24.1 Å². The summed E-state index contributed by atoms with van der Waals surface area (Å²) in [5, 5.41) is 0. The van der Waals surface area contributed by atoms with Crippen LogP contribution in [0.25, 0.3) is 0 Å². The van der Waals surface area contributed by atoms with Gasteiger partial charge < -0.3 is 4.79 Å². The number of carbonyl (C=O) groups is 6. The number of carbonyl (C=O) groups excluding carboxylic acids is 6. The number of hydrogen-bond acceptors (Lipinski definition) is 6. The maximum Gasteiger partial charge on any atom is 0.268 e. The van der Waals surface area contributed by atoms with Crippen LogP contribution in [0, 0.1) is 0 Å². The van der Waals surface area contributed by atoms with Crippen LogP contribution in [0.15, 0.2) is 22.2 Å². The SMILES string of the molecule is CCCC(=O)C(C(C=O)N1C(=O)C=C(Br)C1=O)N1C(=O)C=C(C)C1=O. The Morgan fingerprint density at radius 3 is 2.12 bits per heavy atom. The molecule has 0 aromatic heterocycles. The third-order valence-electron chi connectivity index (χ3n) is 3.91. The minimum atomic E-state index is -1.59. The summed E-state index contributed by atoms with van der Waals surface area (Å²) >= 11 is 2.91. The van der Waals surface area contributed by atoms with Crippen molar-refractivity contribution in [3.05, 3.63) is 22.2 Å². The van der Waals surface area contributed by atoms with E-state index in [4.69, 9.17) is 0 Å². The molecule has 2 aliphatic heterocycles. The van der Waals surface area contributed by atoms with Crippen LogP contribution < -0.4 is 0 Å². The number of rotatable bonds is 7. The second-order valence-electron chi connectivity index (χ2n) is 5.63. The van der Waals surface area contributed by atoms with Crippen molar-refractivity contribution < 1.29 is 28.8 Å². The number of ketones is 1. The Labute approximate surface area is 151 Å². The van der Waals surface area contributed by atoms with Crippen molar-refractivity contribution >= 4 is 51.6 Å². The molecule has 25 heavy (non-hydrogen) atoms. The third kappa shape index (κ3) is 3.23. The van der Waals surface area contributed by atoms with Crippen LogP contribution in [-0.4, -0.2) is 57.6 Å². The maximum atomic E-state index is 12.6. The molecule has 0 aliphatic carbocycles. The quantitative estimate of drug-likeness (QED) is 0.439. The molecule has 0 saturated heterocycles. The molecule has 2 aliphatic rings. The lowest BCUT2D eigenvalue weighted by Gasteiger charge is -2.33. The van der Waals surface area contributed by atoms with Gasteiger partial charge in [-0.05, 0) is 29.3 Å². The summed E-state index contributed by atoms with van der Waals surface area (Å²) in [4.78, 5) is 74.2. The zero-order chi connectivity index (χ0) is 18.9. The highest BCUT2D eigenvalue weighted by molar-refractivity contribution is 9.12. The average Bonchev–Trinajstić information content (AvgIpc) is 2.94. The average molecular weight is 411 g/mol. The van der Waals surface area contributed by atoms with Crippen LogP contribution in [0.4, 0.5) is 0 Å². The number of imide groups is 2. The van der Waals surface area contributed by atoms with E-state index in [-0.39, 0.29) is 22.8 Å². The van der Waals surface area contributed by atoms with Crippen LogP contribution in [0.2, 0.25) is 0 Å². The molecule has 9 heteroatoms. The number of aldehydes is 1. The highest BCUT2D eigenvalue weighted by Gasteiger charge is 2.48. The Morgan fingerprint density at radius 1 is 1.12 bits per heavy atom. The number of halogens is 1. The molecule has 2 heterocycles. The van der Waals surface area contributed by atoms with E-state index in [0.29, 0.717) is 16.2 Å². The van der Waals surface area contributed by atoms with Gasteiger partial charge in [-0.15, -0.1) is 0 Å². The highest BCUT2D eigenvalue weighted by atomic mass is 79.9. The van der Waals surface area contributed by atoms with Crippen molar-refractivity contribution in [2.24, 2.45) is 0 Å². The molecular weight excluding hydrogens is 396 g/mol. The number of hydrogen-bond donors (Lipinski definition) is 0. The Kier molecular flexibility index (Phi) is 5.46. The summed E-state index contributed by atoms with van der Waals surface area (Å²) in [6.45, 7) is 3.12. The van der Waals surface area contributed by atoms with E-state index >= 15 is 0 Å². The van der Waals surface area contributed by atoms with Crippen molar-refractivity contribution in [1.29, 1.82) is 0 Å². The molecule has 4 amide bonds. The van der Waals surface area contributed by atoms with Crippen LogP contribution in [0.3, 0.4) is 0 Å². The molecule has 0 bridgehead atoms. The monoisotopic (exact) mass is 410 g/mol. The van der Waals surface area contributed by atoms with Crippen LogP contribution in [0.1, 0.15) is 26.7 Å². The Balaban J connectivity index is 2.48. The molecule has 0 N–H and O–H groups in total. The van der Waals surface area contributed by atoms with Crippen LogP contribution in [-0.2, 0) is 28.8 Å². The summed E-state index contributed by atoms with van der Waals surface area (Å²) in [5.41, 5.74) is 0.113. The van der Waals surface area contributed by atoms with Crippen molar-refractivity contribution in [2.75, 3.05) is 0 Å². The van der Waals surface area contributed by atoms with Gasteiger partial charge in [0.05, 0.1) is 4.48 Å². The van der Waals surface area contributed by atoms with Crippen molar-refractivity contribution in [3.8, 4) is 0 Å². The van der Waals surface area contributed by atoms with Gasteiger partial charge in [0.25, 0.3) is 23.6 Å². The summed E-state index contributed by atoms with van der Waals surface area (Å²) in [7, 11) is 0. The van der Waals surface area contributed by atoms with Gasteiger partial charge in [-0.1, -0.05) is 6.92 Å². The van der Waals surface area contributed by atoms with Crippen molar-refractivity contribution in [3.63, 3.8) is 0 Å². The summed E-state index contributed by atoms with van der Waals surface area (Å²) in [6.07, 6.45) is 2.65. The number of Topliss-reactive ketones (excluding diaryl/α,β-unsaturated/α-hetero) is 1.